The van der Waals surface area contributed by atoms with Crippen molar-refractivity contribution in [2.75, 3.05) is 37.3 Å². The van der Waals surface area contributed by atoms with E-state index in [1.165, 1.54) is 23.3 Å². The summed E-state index contributed by atoms with van der Waals surface area (Å²) in [5.41, 5.74) is 6.86. The first-order valence-corrected chi connectivity index (χ1v) is 22.8. The van der Waals surface area contributed by atoms with E-state index in [-0.39, 0.29) is 54.8 Å². The lowest BCUT2D eigenvalue weighted by Crippen LogP contribution is -2.49. The molecule has 0 spiro atoms. The number of nitrogens with zero attached hydrogens (tertiary/aromatic N) is 3. The zero-order valence-corrected chi connectivity index (χ0v) is 36.6. The molecule has 3 aliphatic rings. The van der Waals surface area contributed by atoms with Gasteiger partial charge in [-0.3, -0.25) is 33.7 Å². The van der Waals surface area contributed by atoms with Crippen molar-refractivity contribution in [1.29, 1.82) is 0 Å². The van der Waals surface area contributed by atoms with E-state index < -0.39 is 5.97 Å². The molecule has 12 nitrogen and oxygen atoms in total. The third-order valence-corrected chi connectivity index (χ3v) is 13.6. The van der Waals surface area contributed by atoms with Crippen LogP contribution in [0.1, 0.15) is 123 Å². The molecule has 0 atom stereocenters. The molecule has 326 valence electrons. The molecular formula is C49H57N5O7S. The molecule has 4 amide bonds. The summed E-state index contributed by atoms with van der Waals surface area (Å²) in [5.74, 6) is -1.88. The van der Waals surface area contributed by atoms with Crippen molar-refractivity contribution in [3.8, 4) is 0 Å². The second-order valence-corrected chi connectivity index (χ2v) is 18.0. The molecule has 0 bridgehead atoms. The van der Waals surface area contributed by atoms with Gasteiger partial charge in [-0.15, -0.1) is 11.3 Å². The van der Waals surface area contributed by atoms with Crippen LogP contribution in [0.3, 0.4) is 0 Å². The van der Waals surface area contributed by atoms with E-state index in [2.05, 4.69) is 15.5 Å². The summed E-state index contributed by atoms with van der Waals surface area (Å²) in [5, 5.41) is 15.7. The number of carboxylic acids is 1. The number of carbonyl (C=O) groups is 6. The van der Waals surface area contributed by atoms with Gasteiger partial charge in [0.15, 0.2) is 5.78 Å². The van der Waals surface area contributed by atoms with Crippen LogP contribution in [0.5, 0.6) is 0 Å². The van der Waals surface area contributed by atoms with Gasteiger partial charge < -0.3 is 25.5 Å². The Morgan fingerprint density at radius 2 is 1.42 bits per heavy atom. The second-order valence-electron chi connectivity index (χ2n) is 16.9. The average molecular weight is 860 g/mol. The Morgan fingerprint density at radius 3 is 2.08 bits per heavy atom. The highest BCUT2D eigenvalue weighted by Crippen LogP contribution is 2.39. The fraction of sp³-hybridized carbons (Fsp3) is 0.429. The van der Waals surface area contributed by atoms with Gasteiger partial charge in [-0.2, -0.15) is 0 Å². The van der Waals surface area contributed by atoms with E-state index in [0.29, 0.717) is 53.9 Å². The van der Waals surface area contributed by atoms with Gasteiger partial charge in [0, 0.05) is 73.3 Å². The van der Waals surface area contributed by atoms with E-state index in [9.17, 15) is 28.8 Å². The molecule has 3 N–H and O–H groups in total. The highest BCUT2D eigenvalue weighted by molar-refractivity contribution is 7.17. The normalized spacial score (nSPS) is 15.2. The van der Waals surface area contributed by atoms with Gasteiger partial charge in [-0.25, -0.2) is 0 Å². The third kappa shape index (κ3) is 11.4. The molecule has 2 aliphatic carbocycles. The number of hydrogen-bond acceptors (Lipinski definition) is 8. The Hall–Kier alpha value is -5.66. The number of Topliss-reactive ketones (excluding diaryl/α,β-unsaturated/α-hetero) is 1. The van der Waals surface area contributed by atoms with E-state index in [4.69, 9.17) is 5.11 Å². The maximum absolute atomic E-state index is 14.0. The van der Waals surface area contributed by atoms with E-state index in [0.717, 1.165) is 96.9 Å². The largest absolute Gasteiger partial charge is 0.481 e. The van der Waals surface area contributed by atoms with Crippen LogP contribution in [0.15, 0.2) is 72.8 Å². The Balaban J connectivity index is 0.953. The molecule has 4 aromatic rings. The number of nitrogens with one attached hydrogen (secondary N) is 2. The quantitative estimate of drug-likeness (QED) is 0.0857. The molecule has 1 saturated carbocycles. The molecule has 0 radical (unpaired) electrons. The number of fused-ring (bicyclic) bond motifs is 1. The van der Waals surface area contributed by atoms with Crippen LogP contribution in [0.25, 0.3) is 0 Å². The van der Waals surface area contributed by atoms with E-state index in [1.807, 2.05) is 79.7 Å². The molecule has 0 unspecified atom stereocenters. The van der Waals surface area contributed by atoms with E-state index >= 15 is 0 Å². The van der Waals surface area contributed by atoms with Gasteiger partial charge in [0.25, 0.3) is 11.8 Å². The molecule has 62 heavy (non-hydrogen) atoms. The summed E-state index contributed by atoms with van der Waals surface area (Å²) in [7, 11) is 1.53. The smallest absolute Gasteiger partial charge is 0.303 e. The predicted octanol–water partition coefficient (Wildman–Crippen LogP) is 7.79. The van der Waals surface area contributed by atoms with Gasteiger partial charge in [0.05, 0.1) is 18.5 Å². The average Bonchev–Trinajstić information content (AvgIpc) is 4.07. The number of rotatable bonds is 18. The van der Waals surface area contributed by atoms with Crippen LogP contribution < -0.4 is 10.6 Å². The number of carbonyl (C=O) groups excluding carboxylic acids is 5. The van der Waals surface area contributed by atoms with Crippen LogP contribution in [-0.2, 0) is 46.6 Å². The first-order chi connectivity index (χ1) is 29.9. The van der Waals surface area contributed by atoms with Gasteiger partial charge in [0.2, 0.25) is 11.8 Å². The summed E-state index contributed by atoms with van der Waals surface area (Å²) in [6, 6.07) is 24.1. The number of carboxylic acid groups (broad SMARTS) is 1. The highest BCUT2D eigenvalue weighted by atomic mass is 32.1. The Bertz CT molecular complexity index is 2280. The molecule has 2 fully saturated rings. The first kappa shape index (κ1) is 44.4. The number of amides is 4. The number of likely N-dealkylation sites (tertiary alicyclic amines) is 1. The standard InChI is InChI=1S/C49H57N5O7S/c1-3-41(55)35-17-13-32(14-18-35)11-12-33-15-19-37(20-16-33)50-48(61)46-40-9-4-5-10-42(40)62-49(46)51-47(60)36-8-6-7-34(29-36)30-54(38-21-22-38)39-25-27-53(28-26-39)44(57)31-52(2)43(56)23-24-45(58)59/h6-8,13-20,29,38-39H,3-5,9-12,21-28,30-31H2,1-2H3,(H,50,61)(H,51,60)(H,58,59). The minimum absolute atomic E-state index is 0.0681. The molecule has 1 aromatic heterocycles. The van der Waals surface area contributed by atoms with Gasteiger partial charge in [0.1, 0.15) is 5.00 Å². The van der Waals surface area contributed by atoms with Crippen molar-refractivity contribution in [3.63, 3.8) is 0 Å². The van der Waals surface area contributed by atoms with Crippen LogP contribution in [-0.4, -0.2) is 94.0 Å². The topological polar surface area (TPSA) is 156 Å². The number of piperidine rings is 1. The zero-order chi connectivity index (χ0) is 43.8. The Kier molecular flexibility index (Phi) is 14.7. The van der Waals surface area contributed by atoms with Crippen molar-refractivity contribution in [2.24, 2.45) is 0 Å². The second kappa shape index (κ2) is 20.5. The third-order valence-electron chi connectivity index (χ3n) is 12.3. The highest BCUT2D eigenvalue weighted by Gasteiger charge is 2.36. The number of thiophene rings is 1. The van der Waals surface area contributed by atoms with Crippen LogP contribution in [0.4, 0.5) is 10.7 Å². The SMILES string of the molecule is CCC(=O)c1ccc(CCc2ccc(NC(=O)c3c(NC(=O)c4cccc(CN(C5CC5)C5CCN(C(=O)CN(C)C(=O)CCC(=O)O)CC5)c4)sc4c3CCCC4)cc2)cc1. The lowest BCUT2D eigenvalue weighted by Gasteiger charge is -2.39. The fourth-order valence-electron chi connectivity index (χ4n) is 8.59. The molecule has 2 heterocycles. The molecule has 3 aromatic carbocycles. The van der Waals surface area contributed by atoms with Crippen molar-refractivity contribution in [1.82, 2.24) is 14.7 Å². The fourth-order valence-corrected chi connectivity index (χ4v) is 9.88. The molecule has 1 aliphatic heterocycles. The number of likely N-dealkylation sites (N-methyl/N-ethyl adjacent to an activating group) is 1. The monoisotopic (exact) mass is 859 g/mol. The lowest BCUT2D eigenvalue weighted by atomic mass is 9.95. The molecule has 7 rings (SSSR count). The molecular weight excluding hydrogens is 803 g/mol. The summed E-state index contributed by atoms with van der Waals surface area (Å²) in [6.07, 6.45) is 9.31. The lowest BCUT2D eigenvalue weighted by molar-refractivity contribution is -0.142. The maximum atomic E-state index is 14.0. The number of ketones is 1. The number of benzene rings is 3. The summed E-state index contributed by atoms with van der Waals surface area (Å²) < 4.78 is 0. The van der Waals surface area contributed by atoms with Gasteiger partial charge >= 0.3 is 5.97 Å². The van der Waals surface area contributed by atoms with Crippen molar-refractivity contribution < 1.29 is 33.9 Å². The Morgan fingerprint density at radius 1 is 0.758 bits per heavy atom. The van der Waals surface area contributed by atoms with Crippen LogP contribution >= 0.6 is 11.3 Å². The van der Waals surface area contributed by atoms with Crippen molar-refractivity contribution in [3.05, 3.63) is 117 Å². The minimum Gasteiger partial charge on any atom is -0.481 e. The zero-order valence-electron chi connectivity index (χ0n) is 35.8. The number of aryl methyl sites for hydroxylation is 3. The number of anilines is 2. The van der Waals surface area contributed by atoms with Gasteiger partial charge in [-0.05, 0) is 111 Å². The molecule has 1 saturated heterocycles. The summed E-state index contributed by atoms with van der Waals surface area (Å²) >= 11 is 1.50. The Labute approximate surface area is 367 Å². The number of hydrogen-bond donors (Lipinski definition) is 3. The van der Waals surface area contributed by atoms with Crippen LogP contribution in [0.2, 0.25) is 0 Å². The van der Waals surface area contributed by atoms with Gasteiger partial charge in [-0.1, -0.05) is 55.5 Å². The summed E-state index contributed by atoms with van der Waals surface area (Å²) in [4.78, 5) is 82.9. The van der Waals surface area contributed by atoms with Crippen molar-refractivity contribution >= 4 is 57.4 Å². The van der Waals surface area contributed by atoms with Crippen LogP contribution in [0, 0.1) is 0 Å². The molecule has 13 heteroatoms. The first-order valence-electron chi connectivity index (χ1n) is 22.0. The predicted molar refractivity (Wildman–Crippen MR) is 241 cm³/mol. The number of aliphatic carboxylic acids is 1. The minimum atomic E-state index is -1.04. The maximum Gasteiger partial charge on any atom is 0.303 e. The van der Waals surface area contributed by atoms with E-state index in [1.54, 1.807) is 4.90 Å². The van der Waals surface area contributed by atoms with Crippen molar-refractivity contribution in [2.45, 2.75) is 109 Å². The summed E-state index contributed by atoms with van der Waals surface area (Å²) in [6.45, 7) is 3.64.